The maximum Gasteiger partial charge on any atom is 0.318 e. The number of nitrogens with zero attached hydrogens (tertiary/aromatic N) is 3. The highest BCUT2D eigenvalue weighted by Gasteiger charge is 2.39. The normalized spacial score (nSPS) is 19.6. The van der Waals surface area contributed by atoms with Gasteiger partial charge in [-0.25, -0.2) is 4.79 Å². The number of likely N-dealkylation sites (tertiary alicyclic amines) is 1. The summed E-state index contributed by atoms with van der Waals surface area (Å²) in [4.78, 5) is 28.3. The summed E-state index contributed by atoms with van der Waals surface area (Å²) in [5, 5.41) is 17.4. The second-order valence-electron chi connectivity index (χ2n) is 7.36. The van der Waals surface area contributed by atoms with Gasteiger partial charge in [-0.3, -0.25) is 4.79 Å². The molecule has 0 bridgehead atoms. The Bertz CT molecular complexity index is 882. The summed E-state index contributed by atoms with van der Waals surface area (Å²) in [6, 6.07) is 5.28. The zero-order valence-corrected chi connectivity index (χ0v) is 16.2. The lowest BCUT2D eigenvalue weighted by Crippen LogP contribution is -2.55. The van der Waals surface area contributed by atoms with E-state index in [0.29, 0.717) is 29.4 Å². The molecule has 3 amide bonds. The van der Waals surface area contributed by atoms with Crippen LogP contribution in [-0.4, -0.2) is 63.8 Å². The van der Waals surface area contributed by atoms with Gasteiger partial charge in [-0.2, -0.15) is 0 Å². The number of urea groups is 1. The van der Waals surface area contributed by atoms with Crippen molar-refractivity contribution in [1.29, 1.82) is 0 Å². The van der Waals surface area contributed by atoms with E-state index in [-0.39, 0.29) is 30.6 Å². The number of piperidine rings is 1. The van der Waals surface area contributed by atoms with Crippen LogP contribution >= 0.6 is 11.6 Å². The molecule has 1 aliphatic heterocycles. The minimum absolute atomic E-state index is 0.0438. The molecule has 2 fully saturated rings. The van der Waals surface area contributed by atoms with Crippen LogP contribution in [0.1, 0.15) is 31.4 Å². The fourth-order valence-electron chi connectivity index (χ4n) is 3.83. The number of aliphatic hydroxyl groups excluding tert-OH is 1. The highest BCUT2D eigenvalue weighted by atomic mass is 35.5. The molecule has 1 saturated carbocycles. The van der Waals surface area contributed by atoms with E-state index in [1.807, 2.05) is 4.90 Å². The van der Waals surface area contributed by atoms with E-state index in [4.69, 9.17) is 21.2 Å². The summed E-state index contributed by atoms with van der Waals surface area (Å²) >= 11 is 6.05. The van der Waals surface area contributed by atoms with E-state index < -0.39 is 6.61 Å². The minimum Gasteiger partial charge on any atom is -0.387 e. The quantitative estimate of drug-likeness (QED) is 0.792. The molecule has 2 heterocycles. The van der Waals surface area contributed by atoms with Crippen LogP contribution in [0.5, 0.6) is 0 Å². The van der Waals surface area contributed by atoms with Crippen molar-refractivity contribution >= 4 is 34.4 Å². The first-order valence-corrected chi connectivity index (χ1v) is 9.93. The third kappa shape index (κ3) is 3.93. The first-order chi connectivity index (χ1) is 13.6. The number of carbonyl (C=O) groups is 2. The number of rotatable bonds is 5. The number of amides is 3. The molecule has 0 radical (unpaired) electrons. The Kier molecular flexibility index (Phi) is 5.41. The van der Waals surface area contributed by atoms with Crippen molar-refractivity contribution in [2.24, 2.45) is 0 Å². The number of benzene rings is 1. The molecule has 1 saturated heterocycles. The molecule has 28 heavy (non-hydrogen) atoms. The Balaban J connectivity index is 1.44. The van der Waals surface area contributed by atoms with Crippen molar-refractivity contribution in [2.75, 3.05) is 19.7 Å². The summed E-state index contributed by atoms with van der Waals surface area (Å²) < 4.78 is 5.36. The Hall–Kier alpha value is -2.32. The molecule has 1 aliphatic carbocycles. The van der Waals surface area contributed by atoms with Gasteiger partial charge in [0.05, 0.1) is 12.6 Å². The Morgan fingerprint density at radius 2 is 2.14 bits per heavy atom. The van der Waals surface area contributed by atoms with Crippen LogP contribution in [0.15, 0.2) is 22.7 Å². The van der Waals surface area contributed by atoms with Gasteiger partial charge in [0.2, 0.25) is 5.91 Å². The van der Waals surface area contributed by atoms with Gasteiger partial charge in [-0.15, -0.1) is 0 Å². The Morgan fingerprint density at radius 3 is 2.89 bits per heavy atom. The number of fused-ring (bicyclic) bond motifs is 1. The zero-order valence-electron chi connectivity index (χ0n) is 15.4. The topological polar surface area (TPSA) is 98.9 Å². The lowest BCUT2D eigenvalue weighted by atomic mass is 10.0. The summed E-state index contributed by atoms with van der Waals surface area (Å²) in [6.07, 6.45) is 3.61. The zero-order chi connectivity index (χ0) is 19.7. The van der Waals surface area contributed by atoms with Gasteiger partial charge in [0.15, 0.2) is 5.76 Å². The first kappa shape index (κ1) is 19.0. The van der Waals surface area contributed by atoms with E-state index in [1.165, 1.54) is 0 Å². The van der Waals surface area contributed by atoms with Gasteiger partial charge < -0.3 is 24.7 Å². The van der Waals surface area contributed by atoms with Crippen LogP contribution in [0, 0.1) is 0 Å². The minimum atomic E-state index is -0.497. The van der Waals surface area contributed by atoms with E-state index >= 15 is 0 Å². The first-order valence-electron chi connectivity index (χ1n) is 9.55. The molecule has 1 atom stereocenters. The molecular weight excluding hydrogens is 384 g/mol. The molecular formula is C19H23ClN4O4. The number of aliphatic hydroxyl groups is 1. The predicted molar refractivity (Wildman–Crippen MR) is 103 cm³/mol. The summed E-state index contributed by atoms with van der Waals surface area (Å²) in [5.41, 5.74) is 0.693. The summed E-state index contributed by atoms with van der Waals surface area (Å²) in [5.74, 6) is 0.271. The molecule has 0 unspecified atom stereocenters. The molecule has 9 heteroatoms. The Labute approximate surface area is 167 Å². The lowest BCUT2D eigenvalue weighted by Gasteiger charge is -2.39. The van der Waals surface area contributed by atoms with Crippen LogP contribution in [0.4, 0.5) is 4.79 Å². The van der Waals surface area contributed by atoms with Crippen molar-refractivity contribution in [3.8, 4) is 0 Å². The maximum atomic E-state index is 12.9. The second-order valence-corrected chi connectivity index (χ2v) is 7.79. The summed E-state index contributed by atoms with van der Waals surface area (Å²) in [6.45, 7) is 0.805. The van der Waals surface area contributed by atoms with Gasteiger partial charge >= 0.3 is 6.03 Å². The van der Waals surface area contributed by atoms with E-state index in [2.05, 4.69) is 10.5 Å². The third-order valence-electron chi connectivity index (χ3n) is 5.37. The van der Waals surface area contributed by atoms with Crippen LogP contribution in [0.3, 0.4) is 0 Å². The average Bonchev–Trinajstić information content (AvgIpc) is 3.46. The van der Waals surface area contributed by atoms with Gasteiger partial charge in [0.25, 0.3) is 0 Å². The number of nitrogens with one attached hydrogen (secondary N) is 1. The lowest BCUT2D eigenvalue weighted by molar-refractivity contribution is -0.136. The number of hydrogen-bond donors (Lipinski definition) is 2. The molecule has 0 spiro atoms. The second kappa shape index (κ2) is 7.97. The maximum absolute atomic E-state index is 12.9. The standard InChI is InChI=1S/C19H23ClN4O4/c20-12-3-6-16-15(8-12)17(28-22-16)9-21-19(27)24(13-4-5-13)14-2-1-7-23(10-14)18(26)11-25/h3,6,8,13-14,25H,1-2,4-5,7,9-11H2,(H,21,27)/t14-/m1/s1. The monoisotopic (exact) mass is 406 g/mol. The largest absolute Gasteiger partial charge is 0.387 e. The fourth-order valence-corrected chi connectivity index (χ4v) is 4.00. The highest BCUT2D eigenvalue weighted by molar-refractivity contribution is 6.31. The van der Waals surface area contributed by atoms with E-state index in [1.54, 1.807) is 23.1 Å². The van der Waals surface area contributed by atoms with Crippen LogP contribution < -0.4 is 5.32 Å². The van der Waals surface area contributed by atoms with Crippen LogP contribution in [-0.2, 0) is 11.3 Å². The van der Waals surface area contributed by atoms with Gasteiger partial charge in [0.1, 0.15) is 12.1 Å². The molecule has 4 rings (SSSR count). The average molecular weight is 407 g/mol. The molecule has 1 aromatic heterocycles. The van der Waals surface area contributed by atoms with Crippen molar-refractivity contribution in [3.63, 3.8) is 0 Å². The van der Waals surface area contributed by atoms with Crippen LogP contribution in [0.2, 0.25) is 5.02 Å². The molecule has 2 N–H and O–H groups in total. The summed E-state index contributed by atoms with van der Waals surface area (Å²) in [7, 11) is 0. The van der Waals surface area contributed by atoms with Crippen molar-refractivity contribution < 1.29 is 19.2 Å². The van der Waals surface area contributed by atoms with Gasteiger partial charge in [-0.1, -0.05) is 16.8 Å². The third-order valence-corrected chi connectivity index (χ3v) is 5.60. The van der Waals surface area contributed by atoms with Crippen LogP contribution in [0.25, 0.3) is 10.9 Å². The number of aromatic nitrogens is 1. The van der Waals surface area contributed by atoms with E-state index in [0.717, 1.165) is 31.1 Å². The van der Waals surface area contributed by atoms with Crippen molar-refractivity contribution in [1.82, 2.24) is 20.3 Å². The van der Waals surface area contributed by atoms with Crippen molar-refractivity contribution in [3.05, 3.63) is 29.0 Å². The molecule has 2 aromatic rings. The Morgan fingerprint density at radius 1 is 1.32 bits per heavy atom. The van der Waals surface area contributed by atoms with Gasteiger partial charge in [0, 0.05) is 29.5 Å². The molecule has 1 aromatic carbocycles. The number of hydrogen-bond acceptors (Lipinski definition) is 5. The predicted octanol–water partition coefficient (Wildman–Crippen LogP) is 2.14. The smallest absolute Gasteiger partial charge is 0.318 e. The number of halogens is 1. The highest BCUT2D eigenvalue weighted by Crippen LogP contribution is 2.31. The molecule has 2 aliphatic rings. The molecule has 8 nitrogen and oxygen atoms in total. The van der Waals surface area contributed by atoms with E-state index in [9.17, 15) is 9.59 Å². The van der Waals surface area contributed by atoms with Gasteiger partial charge in [-0.05, 0) is 43.9 Å². The van der Waals surface area contributed by atoms with Crippen molar-refractivity contribution in [2.45, 2.75) is 44.3 Å². The fraction of sp³-hybridized carbons (Fsp3) is 0.526. The molecule has 150 valence electrons. The number of carbonyl (C=O) groups excluding carboxylic acids is 2. The SMILES string of the molecule is O=C(CO)N1CCC[C@@H](N(C(=O)NCc2onc3ccc(Cl)cc23)C2CC2)C1.